The fourth-order valence-corrected chi connectivity index (χ4v) is 0.979. The van der Waals surface area contributed by atoms with Crippen LogP contribution in [0.2, 0.25) is 0 Å². The van der Waals surface area contributed by atoms with Gasteiger partial charge in [-0.3, -0.25) is 0 Å². The molecular formula is C18H16N3O12Ru4+. The van der Waals surface area contributed by atoms with Gasteiger partial charge >= 0.3 is 136 Å². The van der Waals surface area contributed by atoms with Crippen LogP contribution in [-0.4, -0.2) is 39.3 Å². The fourth-order valence-electron chi connectivity index (χ4n) is 0.979. The molecule has 4 N–H and O–H groups in total. The van der Waals surface area contributed by atoms with E-state index in [4.69, 9.17) is 55.8 Å². The molecule has 1 aliphatic heterocycles. The molecule has 0 atom stereocenters. The van der Waals surface area contributed by atoms with Gasteiger partial charge in [0.25, 0.3) is 0 Å². The van der Waals surface area contributed by atoms with E-state index in [1.807, 2.05) is 0 Å². The van der Waals surface area contributed by atoms with Crippen LogP contribution in [0.25, 0.3) is 0 Å². The summed E-state index contributed by atoms with van der Waals surface area (Å²) in [7, 11) is 0. The van der Waals surface area contributed by atoms with Gasteiger partial charge in [0.05, 0.1) is 13.1 Å². The number of nitrogens with one attached hydrogen (secondary N) is 2. The van der Waals surface area contributed by atoms with E-state index in [1.54, 1.807) is 0 Å². The van der Waals surface area contributed by atoms with E-state index >= 15 is 0 Å². The predicted octanol–water partition coefficient (Wildman–Crippen LogP) is -2.72. The first-order chi connectivity index (χ1) is 16.5. The molecule has 1 aliphatic rings. The van der Waals surface area contributed by atoms with Crippen LogP contribution in [-0.2, 0) is 134 Å². The number of hydrogen-bond donors (Lipinski definition) is 3. The molecule has 0 saturated carbocycles. The van der Waals surface area contributed by atoms with Crippen molar-refractivity contribution in [3.8, 4) is 0 Å². The Bertz CT molecular complexity index is 342. The third kappa shape index (κ3) is 572. The van der Waals surface area contributed by atoms with Crippen LogP contribution in [0.5, 0.6) is 0 Å². The first-order valence-corrected chi connectivity index (χ1v) is 6.18. The first-order valence-electron chi connectivity index (χ1n) is 6.18. The molecule has 0 bridgehead atoms. The second-order valence-corrected chi connectivity index (χ2v) is 2.37. The number of rotatable bonds is 0. The maximum Gasteiger partial charge on any atom is 0 e. The zero-order chi connectivity index (χ0) is 30.4. The number of nitrogens with two attached hydrogens (primary N) is 1. The maximum atomic E-state index is 7.50. The van der Waals surface area contributed by atoms with Gasteiger partial charge in [-0.2, -0.15) is 0 Å². The molecule has 1 rings (SSSR count). The Morgan fingerprint density at radius 3 is 0.568 bits per heavy atom. The molecule has 0 aromatic carbocycles. The van der Waals surface area contributed by atoms with Gasteiger partial charge in [-0.15, -0.1) is 0 Å². The van der Waals surface area contributed by atoms with Crippen molar-refractivity contribution in [1.82, 2.24) is 10.6 Å². The van der Waals surface area contributed by atoms with E-state index in [1.165, 1.54) is 13.1 Å². The van der Waals surface area contributed by atoms with E-state index in [9.17, 15) is 0 Å². The van der Waals surface area contributed by atoms with Crippen molar-refractivity contribution in [3.63, 3.8) is 0 Å². The molecule has 0 spiro atoms. The molecule has 206 valence electrons. The van der Waals surface area contributed by atoms with Gasteiger partial charge in [0.15, 0.2) is 0 Å². The Morgan fingerprint density at radius 1 is 0.297 bits per heavy atom. The monoisotopic (exact) mass is 874 g/mol. The molecule has 0 aromatic rings. The van der Waals surface area contributed by atoms with E-state index in [0.29, 0.717) is 0 Å². The second kappa shape index (κ2) is 607. The Hall–Kier alpha value is -0.746. The summed E-state index contributed by atoms with van der Waals surface area (Å²) >= 11 is 0. The first kappa shape index (κ1) is 110. The van der Waals surface area contributed by atoms with Crippen molar-refractivity contribution in [2.75, 3.05) is 39.3 Å². The molecule has 0 unspecified atom stereocenters. The smallest absolute Gasteiger partial charge is 0 e. The summed E-state index contributed by atoms with van der Waals surface area (Å²) in [5, 5.41) is 9.01. The van der Waals surface area contributed by atoms with Gasteiger partial charge < -0.3 is 16.0 Å². The predicted molar refractivity (Wildman–Crippen MR) is 84.6 cm³/mol. The third-order valence-electron chi connectivity index (χ3n) is 1.53. The summed E-state index contributed by atoms with van der Waals surface area (Å²) in [6.07, 6.45) is 0. The van der Waals surface area contributed by atoms with Crippen LogP contribution in [0.15, 0.2) is 0 Å². The molecule has 1 heterocycles. The Morgan fingerprint density at radius 2 is 0.432 bits per heavy atom. The van der Waals surface area contributed by atoms with Gasteiger partial charge in [0.1, 0.15) is 0 Å². The zero-order valence-electron chi connectivity index (χ0n) is 18.1. The summed E-state index contributed by atoms with van der Waals surface area (Å²) in [5.41, 5.74) is 0. The normalized spacial score (nSPS) is 6.49. The van der Waals surface area contributed by atoms with Crippen molar-refractivity contribution in [2.24, 2.45) is 0 Å². The topological polar surface area (TPSA) is 279 Å². The molecule has 0 radical (unpaired) electrons. The Labute approximate surface area is 267 Å². The molecule has 15 nitrogen and oxygen atoms in total. The molecular weight excluding hydrogens is 854 g/mol. The van der Waals surface area contributed by atoms with Gasteiger partial charge in [0, 0.05) is 104 Å². The summed E-state index contributed by atoms with van der Waals surface area (Å²) in [6.45, 7) is 61.0. The number of quaternary nitrogens is 1. The van der Waals surface area contributed by atoms with Crippen LogP contribution in [0.3, 0.4) is 0 Å². The molecule has 1 fully saturated rings. The molecule has 1 saturated heterocycles. The van der Waals surface area contributed by atoms with E-state index in [-0.39, 0.29) is 77.9 Å². The van der Waals surface area contributed by atoms with Gasteiger partial charge in [-0.25, -0.2) is 0 Å². The Kier molecular flexibility index (Phi) is 1800. The average molecular weight is 871 g/mol. The maximum absolute atomic E-state index is 7.50. The summed E-state index contributed by atoms with van der Waals surface area (Å²) in [6, 6.07) is 0. The van der Waals surface area contributed by atoms with Crippen molar-refractivity contribution >= 4 is 0 Å². The van der Waals surface area contributed by atoms with Gasteiger partial charge in [-0.1, -0.05) is 0 Å². The van der Waals surface area contributed by atoms with Crippen LogP contribution in [0.1, 0.15) is 0 Å². The fraction of sp³-hybridized carbons (Fsp3) is 0.333. The summed E-state index contributed by atoms with van der Waals surface area (Å²) < 4.78 is 90.0. The van der Waals surface area contributed by atoms with Crippen molar-refractivity contribution in [1.29, 1.82) is 0 Å². The minimum absolute atomic E-state index is 0. The van der Waals surface area contributed by atoms with Crippen molar-refractivity contribution in [2.45, 2.75) is 0 Å². The van der Waals surface area contributed by atoms with Crippen LogP contribution >= 0.6 is 0 Å². The minimum atomic E-state index is 0. The molecule has 37 heavy (non-hydrogen) atoms. The van der Waals surface area contributed by atoms with Crippen LogP contribution in [0.4, 0.5) is 0 Å². The van der Waals surface area contributed by atoms with E-state index in [2.05, 4.69) is 95.8 Å². The number of hydrogen-bond acceptors (Lipinski definition) is 2. The largest absolute Gasteiger partial charge is 0 e. The molecule has 0 aliphatic carbocycles. The summed E-state index contributed by atoms with van der Waals surface area (Å²) in [4.78, 5) is 0. The molecule has 0 aromatic heterocycles. The van der Waals surface area contributed by atoms with Crippen molar-refractivity contribution < 1.29 is 139 Å². The minimum Gasteiger partial charge on any atom is 0 e. The third-order valence-corrected chi connectivity index (χ3v) is 1.53. The van der Waals surface area contributed by atoms with Crippen molar-refractivity contribution in [3.05, 3.63) is 79.8 Å². The zero-order valence-corrected chi connectivity index (χ0v) is 25.1. The standard InChI is InChI=1S/C6H15N3.12CO.4Ru/c1-2-8-5-6-9-4-3-7-1;12*1-2;;;;/h7-9H,1-6H2;;;;;;;;;;;;;;;;/p+1. The van der Waals surface area contributed by atoms with Gasteiger partial charge in [-0.05, 0) is 0 Å². The van der Waals surface area contributed by atoms with Crippen LogP contribution in [0, 0.1) is 79.8 Å². The quantitative estimate of drug-likeness (QED) is 0.133. The molecule has 0 amide bonds. The Balaban J connectivity index is -0.00000000996. The second-order valence-electron chi connectivity index (χ2n) is 2.37. The SMILES string of the molecule is C1CNCC[NH2+]CCN1.[C-]#[O+].[C-]#[O+].[C-]#[O+].[C-]#[O+].[C-]#[O+].[C-]#[O+].[C-]#[O+].[C-]#[O+].[C-]#[O+].[C-]#[O+].[C-]#[O+].[C-]#[O+].[Ru].[Ru].[Ru].[Ru]. The average Bonchev–Trinajstić information content (AvgIpc) is 3.18. The summed E-state index contributed by atoms with van der Waals surface area (Å²) in [5.74, 6) is 0. The van der Waals surface area contributed by atoms with E-state index < -0.39 is 0 Å². The molecule has 19 heteroatoms. The van der Waals surface area contributed by atoms with Crippen LogP contribution < -0.4 is 16.0 Å². The van der Waals surface area contributed by atoms with E-state index in [0.717, 1.165) is 26.2 Å². The van der Waals surface area contributed by atoms with Gasteiger partial charge in [0.2, 0.25) is 0 Å².